The normalized spacial score (nSPS) is 17.0. The first-order valence-corrected chi connectivity index (χ1v) is 11.3. The molecule has 6 nitrogen and oxygen atoms in total. The molecule has 2 atom stereocenters. The van der Waals surface area contributed by atoms with Gasteiger partial charge in [0.1, 0.15) is 24.3 Å². The smallest absolute Gasteiger partial charge is 0.227 e. The first kappa shape index (κ1) is 21.2. The SMILES string of the molecule is Cc1ccccc1OCC(O)Cn1c(C2CC(=O)N(c3ccccc3)C2)nc2ccccc21. The molecule has 0 radical (unpaired) electrons. The van der Waals surface area contributed by atoms with Crippen molar-refractivity contribution in [3.05, 3.63) is 90.3 Å². The lowest BCUT2D eigenvalue weighted by molar-refractivity contribution is -0.117. The summed E-state index contributed by atoms with van der Waals surface area (Å²) in [5.41, 5.74) is 3.75. The summed E-state index contributed by atoms with van der Waals surface area (Å²) < 4.78 is 7.92. The highest BCUT2D eigenvalue weighted by atomic mass is 16.5. The fourth-order valence-electron chi connectivity index (χ4n) is 4.50. The Morgan fingerprint density at radius 2 is 1.76 bits per heavy atom. The van der Waals surface area contributed by atoms with Crippen molar-refractivity contribution >= 4 is 22.6 Å². The highest BCUT2D eigenvalue weighted by Crippen LogP contribution is 2.33. The van der Waals surface area contributed by atoms with Crippen LogP contribution in [-0.2, 0) is 11.3 Å². The van der Waals surface area contributed by atoms with Gasteiger partial charge in [0.05, 0.1) is 17.6 Å². The molecule has 1 aliphatic rings. The molecule has 1 aliphatic heterocycles. The number of benzene rings is 3. The van der Waals surface area contributed by atoms with Gasteiger partial charge in [0.15, 0.2) is 0 Å². The van der Waals surface area contributed by atoms with E-state index in [1.165, 1.54) is 0 Å². The fourth-order valence-corrected chi connectivity index (χ4v) is 4.50. The fraction of sp³-hybridized carbons (Fsp3) is 0.259. The Labute approximate surface area is 193 Å². The lowest BCUT2D eigenvalue weighted by Crippen LogP contribution is -2.26. The summed E-state index contributed by atoms with van der Waals surface area (Å²) in [6, 6.07) is 25.4. The van der Waals surface area contributed by atoms with E-state index in [0.717, 1.165) is 33.9 Å². The van der Waals surface area contributed by atoms with Gasteiger partial charge < -0.3 is 19.3 Å². The number of anilines is 1. The summed E-state index contributed by atoms with van der Waals surface area (Å²) in [4.78, 5) is 19.5. The number of nitrogens with zero attached hydrogens (tertiary/aromatic N) is 3. The molecular weight excluding hydrogens is 414 g/mol. The van der Waals surface area contributed by atoms with Crippen molar-refractivity contribution < 1.29 is 14.6 Å². The van der Waals surface area contributed by atoms with Crippen molar-refractivity contribution in [2.24, 2.45) is 0 Å². The van der Waals surface area contributed by atoms with Crippen LogP contribution < -0.4 is 9.64 Å². The van der Waals surface area contributed by atoms with Gasteiger partial charge >= 0.3 is 0 Å². The number of carbonyl (C=O) groups excluding carboxylic acids is 1. The molecule has 1 fully saturated rings. The Hall–Kier alpha value is -3.64. The van der Waals surface area contributed by atoms with Crippen LogP contribution in [0.4, 0.5) is 5.69 Å². The van der Waals surface area contributed by atoms with Crippen LogP contribution in [0.3, 0.4) is 0 Å². The summed E-state index contributed by atoms with van der Waals surface area (Å²) in [5, 5.41) is 10.8. The third kappa shape index (κ3) is 4.34. The molecule has 0 spiro atoms. The second-order valence-corrected chi connectivity index (χ2v) is 8.54. The summed E-state index contributed by atoms with van der Waals surface area (Å²) in [7, 11) is 0. The number of amides is 1. The molecule has 6 heteroatoms. The quantitative estimate of drug-likeness (QED) is 0.464. The van der Waals surface area contributed by atoms with Gasteiger partial charge in [-0.25, -0.2) is 4.98 Å². The standard InChI is InChI=1S/C27H27N3O3/c1-19-9-5-8-14-25(19)33-18-22(31)17-30-24-13-7-6-12-23(24)28-27(30)20-15-26(32)29(16-20)21-10-3-2-4-11-21/h2-14,20,22,31H,15-18H2,1H3. The maximum atomic E-state index is 12.8. The summed E-state index contributed by atoms with van der Waals surface area (Å²) in [5.74, 6) is 1.65. The van der Waals surface area contributed by atoms with Crippen molar-refractivity contribution in [3.63, 3.8) is 0 Å². The zero-order valence-electron chi connectivity index (χ0n) is 18.6. The molecule has 2 heterocycles. The molecular formula is C27H27N3O3. The molecule has 2 unspecified atom stereocenters. The molecule has 0 saturated carbocycles. The largest absolute Gasteiger partial charge is 0.491 e. The van der Waals surface area contributed by atoms with Crippen molar-refractivity contribution in [1.29, 1.82) is 0 Å². The number of imidazole rings is 1. The molecule has 3 aromatic carbocycles. The van der Waals surface area contributed by atoms with Gasteiger partial charge in [-0.2, -0.15) is 0 Å². The van der Waals surface area contributed by atoms with E-state index in [9.17, 15) is 9.90 Å². The number of rotatable bonds is 7. The van der Waals surface area contributed by atoms with E-state index in [1.54, 1.807) is 0 Å². The van der Waals surface area contributed by atoms with Crippen LogP contribution in [-0.4, -0.2) is 39.8 Å². The van der Waals surface area contributed by atoms with E-state index < -0.39 is 6.10 Å². The number of aliphatic hydroxyl groups is 1. The van der Waals surface area contributed by atoms with Crippen LogP contribution in [0.5, 0.6) is 5.75 Å². The number of aryl methyl sites for hydroxylation is 1. The Kier molecular flexibility index (Phi) is 5.84. The molecule has 33 heavy (non-hydrogen) atoms. The number of ether oxygens (including phenoxy) is 1. The molecule has 0 aliphatic carbocycles. The average molecular weight is 442 g/mol. The van der Waals surface area contributed by atoms with Crippen LogP contribution in [0, 0.1) is 6.92 Å². The second-order valence-electron chi connectivity index (χ2n) is 8.54. The monoisotopic (exact) mass is 441 g/mol. The predicted octanol–water partition coefficient (Wildman–Crippen LogP) is 4.31. The van der Waals surface area contributed by atoms with E-state index in [2.05, 4.69) is 0 Å². The van der Waals surface area contributed by atoms with Gasteiger partial charge in [-0.05, 0) is 42.8 Å². The maximum absolute atomic E-state index is 12.8. The van der Waals surface area contributed by atoms with E-state index >= 15 is 0 Å². The number of hydrogen-bond donors (Lipinski definition) is 1. The minimum atomic E-state index is -0.719. The first-order chi connectivity index (χ1) is 16.1. The molecule has 168 valence electrons. The van der Waals surface area contributed by atoms with Gasteiger partial charge in [-0.3, -0.25) is 4.79 Å². The number of aromatic nitrogens is 2. The third-order valence-electron chi connectivity index (χ3n) is 6.16. The Morgan fingerprint density at radius 3 is 2.58 bits per heavy atom. The predicted molar refractivity (Wildman–Crippen MR) is 129 cm³/mol. The molecule has 5 rings (SSSR count). The Balaban J connectivity index is 1.39. The molecule has 1 aromatic heterocycles. The maximum Gasteiger partial charge on any atom is 0.227 e. The first-order valence-electron chi connectivity index (χ1n) is 11.3. The average Bonchev–Trinajstić information content (AvgIpc) is 3.40. The Bertz CT molecular complexity index is 1270. The van der Waals surface area contributed by atoms with Gasteiger partial charge in [0.2, 0.25) is 5.91 Å². The zero-order chi connectivity index (χ0) is 22.8. The number of carbonyl (C=O) groups is 1. The van der Waals surface area contributed by atoms with E-state index in [0.29, 0.717) is 19.5 Å². The molecule has 1 amide bonds. The van der Waals surface area contributed by atoms with Crippen molar-refractivity contribution in [2.45, 2.75) is 31.9 Å². The third-order valence-corrected chi connectivity index (χ3v) is 6.16. The molecule has 1 saturated heterocycles. The van der Waals surface area contributed by atoms with E-state index in [1.807, 2.05) is 95.3 Å². The van der Waals surface area contributed by atoms with Gasteiger partial charge in [0.25, 0.3) is 0 Å². The van der Waals surface area contributed by atoms with Crippen molar-refractivity contribution in [3.8, 4) is 5.75 Å². The van der Waals surface area contributed by atoms with Crippen LogP contribution in [0.1, 0.15) is 23.7 Å². The van der Waals surface area contributed by atoms with Crippen LogP contribution in [0.25, 0.3) is 11.0 Å². The molecule has 4 aromatic rings. The van der Waals surface area contributed by atoms with Crippen molar-refractivity contribution in [1.82, 2.24) is 9.55 Å². The molecule has 1 N–H and O–H groups in total. The zero-order valence-corrected chi connectivity index (χ0v) is 18.6. The lowest BCUT2D eigenvalue weighted by Gasteiger charge is -2.19. The van der Waals surface area contributed by atoms with Crippen molar-refractivity contribution in [2.75, 3.05) is 18.1 Å². The van der Waals surface area contributed by atoms with Gasteiger partial charge in [-0.15, -0.1) is 0 Å². The minimum absolute atomic E-state index is 0.0467. The minimum Gasteiger partial charge on any atom is -0.491 e. The summed E-state index contributed by atoms with van der Waals surface area (Å²) in [6.07, 6.45) is -0.322. The van der Waals surface area contributed by atoms with Gasteiger partial charge in [0, 0.05) is 24.6 Å². The second kappa shape index (κ2) is 9.08. The number of para-hydroxylation sites is 4. The Morgan fingerprint density at radius 1 is 1.03 bits per heavy atom. The number of fused-ring (bicyclic) bond motifs is 1. The van der Waals surface area contributed by atoms with Crippen LogP contribution >= 0.6 is 0 Å². The summed E-state index contributed by atoms with van der Waals surface area (Å²) >= 11 is 0. The van der Waals surface area contributed by atoms with E-state index in [-0.39, 0.29) is 18.4 Å². The van der Waals surface area contributed by atoms with Gasteiger partial charge in [-0.1, -0.05) is 48.5 Å². The number of hydrogen-bond acceptors (Lipinski definition) is 4. The highest BCUT2D eigenvalue weighted by Gasteiger charge is 2.35. The molecule has 0 bridgehead atoms. The van der Waals surface area contributed by atoms with Crippen LogP contribution in [0.15, 0.2) is 78.9 Å². The van der Waals surface area contributed by atoms with E-state index in [4.69, 9.17) is 9.72 Å². The lowest BCUT2D eigenvalue weighted by atomic mass is 10.1. The highest BCUT2D eigenvalue weighted by molar-refractivity contribution is 5.96. The van der Waals surface area contributed by atoms with Crippen LogP contribution in [0.2, 0.25) is 0 Å². The summed E-state index contributed by atoms with van der Waals surface area (Å²) in [6.45, 7) is 3.08. The topological polar surface area (TPSA) is 67.6 Å². The number of aliphatic hydroxyl groups excluding tert-OH is 1.